The topological polar surface area (TPSA) is 130 Å². The lowest BCUT2D eigenvalue weighted by Crippen LogP contribution is -2.49. The van der Waals surface area contributed by atoms with Crippen molar-refractivity contribution in [2.24, 2.45) is 11.3 Å². The number of carbonyl (C=O) groups excluding carboxylic acids is 3. The Morgan fingerprint density at radius 3 is 2.22 bits per heavy atom. The van der Waals surface area contributed by atoms with Crippen LogP contribution in [0.2, 0.25) is 0 Å². The summed E-state index contributed by atoms with van der Waals surface area (Å²) in [6.07, 6.45) is -0.927. The third kappa shape index (κ3) is 5.36. The molecule has 0 fully saturated rings. The zero-order valence-corrected chi connectivity index (χ0v) is 19.5. The summed E-state index contributed by atoms with van der Waals surface area (Å²) in [6.45, 7) is 8.96. The van der Waals surface area contributed by atoms with Gasteiger partial charge in [-0.2, -0.15) is 0 Å². The summed E-state index contributed by atoms with van der Waals surface area (Å²) in [4.78, 5) is 37.2. The van der Waals surface area contributed by atoms with Gasteiger partial charge in [0.15, 0.2) is 6.10 Å². The van der Waals surface area contributed by atoms with Crippen molar-refractivity contribution in [2.45, 2.75) is 78.8 Å². The Hall–Kier alpha value is -2.29. The quantitative estimate of drug-likeness (QED) is 0.438. The fourth-order valence-electron chi connectivity index (χ4n) is 4.75. The van der Waals surface area contributed by atoms with E-state index in [0.717, 1.165) is 0 Å². The molecule has 2 rings (SSSR count). The predicted molar refractivity (Wildman–Crippen MR) is 116 cm³/mol. The summed E-state index contributed by atoms with van der Waals surface area (Å²) in [5, 5.41) is 31.3. The molecule has 8 heteroatoms. The molecule has 0 heterocycles. The lowest BCUT2D eigenvalue weighted by Gasteiger charge is -2.47. The van der Waals surface area contributed by atoms with E-state index in [1.54, 1.807) is 13.8 Å². The molecule has 0 unspecified atom stereocenters. The van der Waals surface area contributed by atoms with Crippen LogP contribution in [0.15, 0.2) is 34.4 Å². The second-order valence-corrected chi connectivity index (χ2v) is 9.14. The lowest BCUT2D eigenvalue weighted by atomic mass is 9.60. The first-order chi connectivity index (χ1) is 14.8. The van der Waals surface area contributed by atoms with Gasteiger partial charge in [-0.05, 0) is 60.5 Å². The summed E-state index contributed by atoms with van der Waals surface area (Å²) >= 11 is 0. The van der Waals surface area contributed by atoms with Crippen LogP contribution in [0.3, 0.4) is 0 Å². The number of ketones is 1. The van der Waals surface area contributed by atoms with Gasteiger partial charge >= 0.3 is 11.9 Å². The highest BCUT2D eigenvalue weighted by atomic mass is 16.5. The Morgan fingerprint density at radius 1 is 1.09 bits per heavy atom. The Morgan fingerprint density at radius 2 is 1.69 bits per heavy atom. The van der Waals surface area contributed by atoms with Crippen molar-refractivity contribution in [3.8, 4) is 0 Å². The van der Waals surface area contributed by atoms with E-state index in [-0.39, 0.29) is 24.0 Å². The van der Waals surface area contributed by atoms with E-state index in [1.165, 1.54) is 26.0 Å². The number of esters is 2. The van der Waals surface area contributed by atoms with E-state index in [4.69, 9.17) is 9.47 Å². The monoisotopic (exact) mass is 450 g/mol. The summed E-state index contributed by atoms with van der Waals surface area (Å²) in [7, 11) is 0. The molecule has 0 spiro atoms. The predicted octanol–water partition coefficient (Wildman–Crippen LogP) is 1.77. The number of carbonyl (C=O) groups is 3. The Bertz CT molecular complexity index is 863. The van der Waals surface area contributed by atoms with Crippen LogP contribution in [0.1, 0.15) is 54.4 Å². The molecule has 8 nitrogen and oxygen atoms in total. The second kappa shape index (κ2) is 10.1. The largest absolute Gasteiger partial charge is 0.458 e. The van der Waals surface area contributed by atoms with Gasteiger partial charge in [0.2, 0.25) is 5.78 Å². The van der Waals surface area contributed by atoms with Gasteiger partial charge in [0.05, 0.1) is 18.8 Å². The molecule has 0 radical (unpaired) electrons. The molecule has 0 aromatic heterocycles. The number of hydrogen-bond acceptors (Lipinski definition) is 8. The van der Waals surface area contributed by atoms with Gasteiger partial charge in [-0.1, -0.05) is 19.9 Å². The minimum atomic E-state index is -1.26. The fourth-order valence-corrected chi connectivity index (χ4v) is 4.75. The Kier molecular flexibility index (Phi) is 8.20. The second-order valence-electron chi connectivity index (χ2n) is 9.14. The molecule has 0 aromatic rings. The van der Waals surface area contributed by atoms with Gasteiger partial charge in [-0.25, -0.2) is 0 Å². The zero-order chi connectivity index (χ0) is 24.4. The molecule has 5 atom stereocenters. The van der Waals surface area contributed by atoms with Crippen molar-refractivity contribution in [1.29, 1.82) is 0 Å². The first-order valence-electron chi connectivity index (χ1n) is 10.7. The average molecular weight is 451 g/mol. The summed E-state index contributed by atoms with van der Waals surface area (Å²) in [6, 6.07) is 0. The molecule has 0 saturated heterocycles. The minimum absolute atomic E-state index is 0.0399. The lowest BCUT2D eigenvalue weighted by molar-refractivity contribution is -0.152. The minimum Gasteiger partial charge on any atom is -0.458 e. The molecular formula is C24H34O8. The van der Waals surface area contributed by atoms with Crippen LogP contribution in [-0.4, -0.2) is 64.1 Å². The summed E-state index contributed by atoms with van der Waals surface area (Å²) < 4.78 is 11.0. The SMILES string of the molecule is CC(=O)O[C@H]1C(=O)/C(C)=C\C[C@H](O)/C(CO)=C\[C@H](OC(C)=O)[C@@H]2C[C@H](O)C(C)=C1C2(C)C. The molecule has 0 aromatic carbocycles. The first-order valence-corrected chi connectivity index (χ1v) is 10.7. The number of ether oxygens (including phenoxy) is 2. The number of hydrogen-bond donors (Lipinski definition) is 3. The van der Waals surface area contributed by atoms with Crippen molar-refractivity contribution >= 4 is 17.7 Å². The van der Waals surface area contributed by atoms with Gasteiger partial charge in [0.25, 0.3) is 0 Å². The van der Waals surface area contributed by atoms with E-state index >= 15 is 0 Å². The number of fused-ring (bicyclic) bond motifs is 2. The highest BCUT2D eigenvalue weighted by Gasteiger charge is 2.50. The van der Waals surface area contributed by atoms with Crippen LogP contribution in [0, 0.1) is 11.3 Å². The molecule has 3 N–H and O–H groups in total. The van der Waals surface area contributed by atoms with Crippen LogP contribution in [0.4, 0.5) is 0 Å². The van der Waals surface area contributed by atoms with E-state index in [1.807, 2.05) is 13.8 Å². The van der Waals surface area contributed by atoms with Crippen molar-refractivity contribution in [3.05, 3.63) is 34.4 Å². The molecule has 178 valence electrons. The Balaban J connectivity index is 2.82. The molecule has 0 aliphatic heterocycles. The molecule has 2 aliphatic rings. The van der Waals surface area contributed by atoms with Crippen LogP contribution in [0.25, 0.3) is 0 Å². The van der Waals surface area contributed by atoms with E-state index < -0.39 is 60.1 Å². The van der Waals surface area contributed by atoms with Crippen molar-refractivity contribution in [3.63, 3.8) is 0 Å². The molecule has 2 aliphatic carbocycles. The maximum absolute atomic E-state index is 13.4. The summed E-state index contributed by atoms with van der Waals surface area (Å²) in [5.74, 6) is -2.19. The molecule has 0 amide bonds. The van der Waals surface area contributed by atoms with Crippen molar-refractivity contribution in [1.82, 2.24) is 0 Å². The normalized spacial score (nSPS) is 34.3. The first kappa shape index (κ1) is 26.0. The van der Waals surface area contributed by atoms with Crippen LogP contribution >= 0.6 is 0 Å². The van der Waals surface area contributed by atoms with Gasteiger partial charge < -0.3 is 24.8 Å². The highest BCUT2D eigenvalue weighted by Crippen LogP contribution is 2.49. The highest BCUT2D eigenvalue weighted by molar-refractivity contribution is 6.01. The number of aliphatic hydroxyl groups excluding tert-OH is 3. The van der Waals surface area contributed by atoms with Gasteiger partial charge in [-0.15, -0.1) is 0 Å². The van der Waals surface area contributed by atoms with Crippen molar-refractivity contribution < 1.29 is 39.2 Å². The Labute approximate surface area is 188 Å². The van der Waals surface area contributed by atoms with Gasteiger partial charge in [0.1, 0.15) is 6.10 Å². The zero-order valence-electron chi connectivity index (χ0n) is 19.5. The van der Waals surface area contributed by atoms with E-state index in [9.17, 15) is 29.7 Å². The van der Waals surface area contributed by atoms with E-state index in [2.05, 4.69) is 0 Å². The van der Waals surface area contributed by atoms with Gasteiger partial charge in [-0.3, -0.25) is 14.4 Å². The average Bonchev–Trinajstić information content (AvgIpc) is 2.69. The van der Waals surface area contributed by atoms with E-state index in [0.29, 0.717) is 11.1 Å². The maximum Gasteiger partial charge on any atom is 0.303 e. The molecule has 32 heavy (non-hydrogen) atoms. The third-order valence-electron chi connectivity index (χ3n) is 6.53. The van der Waals surface area contributed by atoms with Crippen LogP contribution < -0.4 is 0 Å². The molecule has 2 bridgehead atoms. The maximum atomic E-state index is 13.4. The summed E-state index contributed by atoms with van der Waals surface area (Å²) in [5.41, 5.74) is 0.691. The van der Waals surface area contributed by atoms with Crippen LogP contribution in [0.5, 0.6) is 0 Å². The van der Waals surface area contributed by atoms with Crippen molar-refractivity contribution in [2.75, 3.05) is 6.61 Å². The molecular weight excluding hydrogens is 416 g/mol. The van der Waals surface area contributed by atoms with Crippen LogP contribution in [-0.2, 0) is 23.9 Å². The van der Waals surface area contributed by atoms with Gasteiger partial charge in [0, 0.05) is 19.8 Å². The number of aliphatic hydroxyl groups is 3. The third-order valence-corrected chi connectivity index (χ3v) is 6.53. The molecule has 0 saturated carbocycles. The number of Topliss-reactive ketones (excluding diaryl/α,β-unsaturated/α-hetero) is 1. The smallest absolute Gasteiger partial charge is 0.303 e. The number of rotatable bonds is 3. The standard InChI is InChI=1S/C24H34O8/c1-12-7-8-18(28)16(11-25)9-20(31-14(3)26)17-10-19(29)13(2)21(24(17,5)6)23(22(12)30)32-15(4)27/h7,9,17-20,23,25,28-29H,8,10-11H2,1-6H3/b12-7-,16-9-/t17-,18-,19-,20-,23+/m0/s1. The fraction of sp³-hybridized carbons (Fsp3) is 0.625.